The van der Waals surface area contributed by atoms with Crippen molar-refractivity contribution in [2.75, 3.05) is 26.0 Å². The van der Waals surface area contributed by atoms with Gasteiger partial charge in [0.1, 0.15) is 5.82 Å². The predicted octanol–water partition coefficient (Wildman–Crippen LogP) is 0.939. The highest BCUT2D eigenvalue weighted by atomic mass is 35.5. The van der Waals surface area contributed by atoms with Gasteiger partial charge >= 0.3 is 0 Å². The first-order chi connectivity index (χ1) is 6.99. The van der Waals surface area contributed by atoms with Crippen molar-refractivity contribution in [2.24, 2.45) is 0 Å². The summed E-state index contributed by atoms with van der Waals surface area (Å²) in [6, 6.07) is 1.73. The van der Waals surface area contributed by atoms with E-state index >= 15 is 0 Å². The number of halogens is 1. The molecule has 1 aromatic heterocycles. The highest BCUT2D eigenvalue weighted by Gasteiger charge is 2.05. The highest BCUT2D eigenvalue weighted by Crippen LogP contribution is 2.09. The summed E-state index contributed by atoms with van der Waals surface area (Å²) >= 11 is 5.67. The summed E-state index contributed by atoms with van der Waals surface area (Å²) in [6.07, 6.45) is 0. The van der Waals surface area contributed by atoms with Crippen LogP contribution in [0.3, 0.4) is 0 Å². The Morgan fingerprint density at radius 3 is 2.73 bits per heavy atom. The van der Waals surface area contributed by atoms with E-state index in [9.17, 15) is 4.79 Å². The molecule has 0 fully saturated rings. The fourth-order valence-corrected chi connectivity index (χ4v) is 1.17. The zero-order valence-electron chi connectivity index (χ0n) is 8.91. The largest absolute Gasteiger partial charge is 0.361 e. The standard InChI is InChI=1S/C9H13ClN4O/c1-6-4-7(13-9(10)12-6)11-5-8(15)14(2)3/h4H,5H2,1-3H3,(H,11,12,13). The first kappa shape index (κ1) is 11.7. The lowest BCUT2D eigenvalue weighted by Gasteiger charge is -2.11. The lowest BCUT2D eigenvalue weighted by Crippen LogP contribution is -2.28. The molecule has 0 bridgehead atoms. The van der Waals surface area contributed by atoms with Crippen LogP contribution in [0.15, 0.2) is 6.07 Å². The molecule has 1 N–H and O–H groups in total. The first-order valence-electron chi connectivity index (χ1n) is 4.44. The Bertz CT molecular complexity index is 347. The quantitative estimate of drug-likeness (QED) is 0.783. The molecule has 1 rings (SSSR count). The van der Waals surface area contributed by atoms with Crippen LogP contribution in [0.1, 0.15) is 5.69 Å². The van der Waals surface area contributed by atoms with Crippen molar-refractivity contribution < 1.29 is 4.79 Å². The molecule has 0 unspecified atom stereocenters. The fraction of sp³-hybridized carbons (Fsp3) is 0.444. The maximum Gasteiger partial charge on any atom is 0.241 e. The Hall–Kier alpha value is -1.36. The summed E-state index contributed by atoms with van der Waals surface area (Å²) in [5.41, 5.74) is 0.759. The van der Waals surface area contributed by atoms with Crippen molar-refractivity contribution in [1.29, 1.82) is 0 Å². The number of carbonyl (C=O) groups excluding carboxylic acids is 1. The molecule has 5 nitrogen and oxygen atoms in total. The Balaban J connectivity index is 2.61. The van der Waals surface area contributed by atoms with Gasteiger partial charge in [-0.25, -0.2) is 9.97 Å². The maximum atomic E-state index is 11.3. The Morgan fingerprint density at radius 2 is 2.20 bits per heavy atom. The molecular formula is C9H13ClN4O. The number of aryl methyl sites for hydroxylation is 1. The molecule has 0 aromatic carbocycles. The molecule has 0 aliphatic carbocycles. The van der Waals surface area contributed by atoms with Crippen molar-refractivity contribution >= 4 is 23.3 Å². The van der Waals surface area contributed by atoms with E-state index < -0.39 is 0 Å². The lowest BCUT2D eigenvalue weighted by atomic mass is 10.4. The van der Waals surface area contributed by atoms with E-state index in [-0.39, 0.29) is 17.7 Å². The van der Waals surface area contributed by atoms with E-state index in [2.05, 4.69) is 15.3 Å². The monoisotopic (exact) mass is 228 g/mol. The average molecular weight is 229 g/mol. The van der Waals surface area contributed by atoms with E-state index in [1.807, 2.05) is 6.92 Å². The summed E-state index contributed by atoms with van der Waals surface area (Å²) < 4.78 is 0. The molecule has 6 heteroatoms. The normalized spacial score (nSPS) is 9.87. The molecule has 0 saturated carbocycles. The minimum absolute atomic E-state index is 0.0256. The van der Waals surface area contributed by atoms with Crippen LogP contribution in [0, 0.1) is 6.92 Å². The number of nitrogens with one attached hydrogen (secondary N) is 1. The van der Waals surface area contributed by atoms with Crippen molar-refractivity contribution in [3.63, 3.8) is 0 Å². The number of hydrogen-bond donors (Lipinski definition) is 1. The molecule has 0 aliphatic heterocycles. The molecule has 0 saturated heterocycles. The van der Waals surface area contributed by atoms with E-state index in [0.717, 1.165) is 5.69 Å². The Kier molecular flexibility index (Phi) is 3.85. The summed E-state index contributed by atoms with van der Waals surface area (Å²) in [5, 5.41) is 3.06. The van der Waals surface area contributed by atoms with Crippen molar-refractivity contribution in [3.8, 4) is 0 Å². The number of nitrogens with zero attached hydrogens (tertiary/aromatic N) is 3. The first-order valence-corrected chi connectivity index (χ1v) is 4.82. The molecule has 82 valence electrons. The van der Waals surface area contributed by atoms with Crippen LogP contribution in [0.2, 0.25) is 5.28 Å². The topological polar surface area (TPSA) is 58.1 Å². The minimum Gasteiger partial charge on any atom is -0.361 e. The minimum atomic E-state index is -0.0256. The van der Waals surface area contributed by atoms with Crippen LogP contribution in [-0.2, 0) is 4.79 Å². The van der Waals surface area contributed by atoms with Gasteiger partial charge in [0.15, 0.2) is 0 Å². The average Bonchev–Trinajstić information content (AvgIpc) is 2.12. The van der Waals surface area contributed by atoms with Gasteiger partial charge in [0.25, 0.3) is 0 Å². The number of amides is 1. The third kappa shape index (κ3) is 3.71. The Labute approximate surface area is 93.5 Å². The SMILES string of the molecule is Cc1cc(NCC(=O)N(C)C)nc(Cl)n1. The van der Waals surface area contributed by atoms with Gasteiger partial charge in [-0.05, 0) is 18.5 Å². The molecule has 1 heterocycles. The fourth-order valence-electron chi connectivity index (χ4n) is 0.947. The number of carbonyl (C=O) groups is 1. The van der Waals surface area contributed by atoms with E-state index in [4.69, 9.17) is 11.6 Å². The third-order valence-corrected chi connectivity index (χ3v) is 1.92. The summed E-state index contributed by atoms with van der Waals surface area (Å²) in [5.74, 6) is 0.532. The number of aromatic nitrogens is 2. The number of anilines is 1. The lowest BCUT2D eigenvalue weighted by molar-refractivity contribution is -0.126. The number of hydrogen-bond acceptors (Lipinski definition) is 4. The van der Waals surface area contributed by atoms with Crippen LogP contribution >= 0.6 is 11.6 Å². The smallest absolute Gasteiger partial charge is 0.241 e. The summed E-state index contributed by atoms with van der Waals surface area (Å²) in [7, 11) is 3.39. The van der Waals surface area contributed by atoms with Crippen LogP contribution in [0.5, 0.6) is 0 Å². The van der Waals surface area contributed by atoms with Crippen LogP contribution < -0.4 is 5.32 Å². The van der Waals surface area contributed by atoms with Crippen LogP contribution in [-0.4, -0.2) is 41.4 Å². The third-order valence-electron chi connectivity index (χ3n) is 1.75. The Morgan fingerprint density at radius 1 is 1.53 bits per heavy atom. The van der Waals surface area contributed by atoms with Gasteiger partial charge < -0.3 is 10.2 Å². The van der Waals surface area contributed by atoms with E-state index in [0.29, 0.717) is 5.82 Å². The van der Waals surface area contributed by atoms with Gasteiger partial charge in [-0.3, -0.25) is 4.79 Å². The zero-order chi connectivity index (χ0) is 11.4. The van der Waals surface area contributed by atoms with Gasteiger partial charge in [-0.2, -0.15) is 0 Å². The number of likely N-dealkylation sites (N-methyl/N-ethyl adjacent to an activating group) is 1. The maximum absolute atomic E-state index is 11.3. The summed E-state index contributed by atoms with van der Waals surface area (Å²) in [4.78, 5) is 20.6. The molecule has 1 aromatic rings. The van der Waals surface area contributed by atoms with Gasteiger partial charge in [0.05, 0.1) is 6.54 Å². The summed E-state index contributed by atoms with van der Waals surface area (Å²) in [6.45, 7) is 2.01. The second kappa shape index (κ2) is 4.93. The van der Waals surface area contributed by atoms with Gasteiger partial charge in [0.2, 0.25) is 11.2 Å². The molecule has 0 radical (unpaired) electrons. The van der Waals surface area contributed by atoms with Crippen molar-refractivity contribution in [1.82, 2.24) is 14.9 Å². The molecule has 0 aliphatic rings. The van der Waals surface area contributed by atoms with Crippen molar-refractivity contribution in [3.05, 3.63) is 17.0 Å². The molecule has 0 spiro atoms. The van der Waals surface area contributed by atoms with Gasteiger partial charge in [0, 0.05) is 25.9 Å². The van der Waals surface area contributed by atoms with E-state index in [1.165, 1.54) is 4.90 Å². The van der Waals surface area contributed by atoms with Gasteiger partial charge in [-0.15, -0.1) is 0 Å². The molecule has 0 atom stereocenters. The second-order valence-corrected chi connectivity index (χ2v) is 3.64. The molecular weight excluding hydrogens is 216 g/mol. The zero-order valence-corrected chi connectivity index (χ0v) is 9.67. The molecule has 15 heavy (non-hydrogen) atoms. The highest BCUT2D eigenvalue weighted by molar-refractivity contribution is 6.28. The molecule has 1 amide bonds. The van der Waals surface area contributed by atoms with Crippen LogP contribution in [0.25, 0.3) is 0 Å². The second-order valence-electron chi connectivity index (χ2n) is 3.31. The van der Waals surface area contributed by atoms with Crippen LogP contribution in [0.4, 0.5) is 5.82 Å². The van der Waals surface area contributed by atoms with Gasteiger partial charge in [-0.1, -0.05) is 0 Å². The van der Waals surface area contributed by atoms with Crippen molar-refractivity contribution in [2.45, 2.75) is 6.92 Å². The van der Waals surface area contributed by atoms with E-state index in [1.54, 1.807) is 20.2 Å². The predicted molar refractivity (Wildman–Crippen MR) is 59.0 cm³/mol. The number of rotatable bonds is 3.